The Morgan fingerprint density at radius 3 is 2.32 bits per heavy atom. The average Bonchev–Trinajstić information content (AvgIpc) is 2.49. The summed E-state index contributed by atoms with van der Waals surface area (Å²) >= 11 is 0. The van der Waals surface area contributed by atoms with Crippen LogP contribution in [0.25, 0.3) is 0 Å². The zero-order valence-corrected chi connectivity index (χ0v) is 15.8. The van der Waals surface area contributed by atoms with Gasteiger partial charge in [-0.05, 0) is 46.6 Å². The molecule has 2 amide bonds. The molecule has 0 saturated carbocycles. The molecule has 1 fully saturated rings. The number of carbonyl (C=O) groups excluding carboxylic acids is 2. The van der Waals surface area contributed by atoms with Crippen LogP contribution in [0.3, 0.4) is 0 Å². The fourth-order valence-corrected chi connectivity index (χ4v) is 4.11. The molecule has 0 bridgehead atoms. The lowest BCUT2D eigenvalue weighted by atomic mass is 9.77. The zero-order chi connectivity index (χ0) is 18.8. The highest BCUT2D eigenvalue weighted by Crippen LogP contribution is 2.37. The van der Waals surface area contributed by atoms with Crippen LogP contribution < -0.4 is 15.8 Å². The highest BCUT2D eigenvalue weighted by molar-refractivity contribution is 6.35. The number of hydrogen-bond acceptors (Lipinski definition) is 4. The number of rotatable bonds is 3. The summed E-state index contributed by atoms with van der Waals surface area (Å²) in [5.74, 6) is -0.445. The molecule has 3 N–H and O–H groups in total. The van der Waals surface area contributed by atoms with E-state index in [1.54, 1.807) is 12.0 Å². The summed E-state index contributed by atoms with van der Waals surface area (Å²) < 4.78 is 5.27. The second-order valence-electron chi connectivity index (χ2n) is 7.93. The summed E-state index contributed by atoms with van der Waals surface area (Å²) in [4.78, 5) is 27.0. The minimum atomic E-state index is -0.609. The quantitative estimate of drug-likeness (QED) is 0.817. The van der Waals surface area contributed by atoms with Gasteiger partial charge in [0.15, 0.2) is 0 Å². The number of nitrogens with two attached hydrogens (primary N) is 1. The van der Waals surface area contributed by atoms with Crippen molar-refractivity contribution < 1.29 is 14.3 Å². The minimum Gasteiger partial charge on any atom is -0.496 e. The maximum absolute atomic E-state index is 12.9. The lowest BCUT2D eigenvalue weighted by molar-refractivity contribution is -0.159. The van der Waals surface area contributed by atoms with Crippen LogP contribution in [0.15, 0.2) is 24.3 Å². The van der Waals surface area contributed by atoms with E-state index in [1.807, 2.05) is 52.0 Å². The zero-order valence-electron chi connectivity index (χ0n) is 15.8. The van der Waals surface area contributed by atoms with Gasteiger partial charge in [-0.25, -0.2) is 0 Å². The van der Waals surface area contributed by atoms with Gasteiger partial charge in [0.1, 0.15) is 5.75 Å². The maximum Gasteiger partial charge on any atom is 0.312 e. The van der Waals surface area contributed by atoms with Crippen LogP contribution in [0.1, 0.15) is 46.1 Å². The van der Waals surface area contributed by atoms with Gasteiger partial charge in [0.05, 0.1) is 7.11 Å². The minimum absolute atomic E-state index is 0.0192. The van der Waals surface area contributed by atoms with E-state index >= 15 is 0 Å². The van der Waals surface area contributed by atoms with E-state index in [4.69, 9.17) is 10.5 Å². The van der Waals surface area contributed by atoms with Crippen LogP contribution in [0, 0.1) is 0 Å². The van der Waals surface area contributed by atoms with Crippen molar-refractivity contribution in [2.24, 2.45) is 5.73 Å². The molecule has 25 heavy (non-hydrogen) atoms. The average molecular weight is 347 g/mol. The van der Waals surface area contributed by atoms with Gasteiger partial charge in [-0.3, -0.25) is 9.59 Å². The van der Waals surface area contributed by atoms with Crippen LogP contribution in [0.5, 0.6) is 5.75 Å². The summed E-state index contributed by atoms with van der Waals surface area (Å²) in [6.07, 6.45) is 1.34. The second-order valence-corrected chi connectivity index (χ2v) is 7.93. The molecule has 2 rings (SSSR count). The maximum atomic E-state index is 12.9. The van der Waals surface area contributed by atoms with Crippen molar-refractivity contribution in [1.82, 2.24) is 10.2 Å². The van der Waals surface area contributed by atoms with E-state index in [-0.39, 0.29) is 12.6 Å². The van der Waals surface area contributed by atoms with E-state index in [9.17, 15) is 9.59 Å². The molecule has 0 aromatic heterocycles. The van der Waals surface area contributed by atoms with Crippen molar-refractivity contribution in [2.75, 3.05) is 7.11 Å². The largest absolute Gasteiger partial charge is 0.496 e. The third kappa shape index (κ3) is 4.12. The van der Waals surface area contributed by atoms with Crippen molar-refractivity contribution >= 4 is 11.8 Å². The van der Waals surface area contributed by atoms with Gasteiger partial charge < -0.3 is 20.7 Å². The Morgan fingerprint density at radius 1 is 1.20 bits per heavy atom. The third-order valence-corrected chi connectivity index (χ3v) is 4.76. The van der Waals surface area contributed by atoms with Crippen molar-refractivity contribution in [1.29, 1.82) is 0 Å². The third-order valence-electron chi connectivity index (χ3n) is 4.76. The Morgan fingerprint density at radius 2 is 1.76 bits per heavy atom. The monoisotopic (exact) mass is 347 g/mol. The van der Waals surface area contributed by atoms with Crippen LogP contribution in [0.4, 0.5) is 0 Å². The number of likely N-dealkylation sites (tertiary alicyclic amines) is 1. The fraction of sp³-hybridized carbons (Fsp3) is 0.579. The predicted octanol–water partition coefficient (Wildman–Crippen LogP) is 1.82. The van der Waals surface area contributed by atoms with Gasteiger partial charge in [-0.15, -0.1) is 0 Å². The number of carbonyl (C=O) groups is 2. The van der Waals surface area contributed by atoms with E-state index < -0.39 is 22.9 Å². The SMILES string of the molecule is COc1ccccc1CNC(=O)C(=O)N1C(C)(C)CC(N)CC1(C)C. The van der Waals surface area contributed by atoms with E-state index in [0.717, 1.165) is 5.56 Å². The molecule has 0 atom stereocenters. The molecule has 0 aliphatic carbocycles. The van der Waals surface area contributed by atoms with Crippen molar-refractivity contribution in [3.05, 3.63) is 29.8 Å². The Kier molecular flexibility index (Phi) is 5.42. The first-order valence-corrected chi connectivity index (χ1v) is 8.58. The highest BCUT2D eigenvalue weighted by Gasteiger charge is 2.48. The predicted molar refractivity (Wildman–Crippen MR) is 97.1 cm³/mol. The molecule has 0 spiro atoms. The molecule has 138 valence electrons. The lowest BCUT2D eigenvalue weighted by Gasteiger charge is -2.54. The lowest BCUT2D eigenvalue weighted by Crippen LogP contribution is -2.67. The summed E-state index contributed by atoms with van der Waals surface area (Å²) in [7, 11) is 1.58. The molecular weight excluding hydrogens is 318 g/mol. The van der Waals surface area contributed by atoms with Gasteiger partial charge >= 0.3 is 11.8 Å². The topological polar surface area (TPSA) is 84.7 Å². The Balaban J connectivity index is 2.12. The van der Waals surface area contributed by atoms with Crippen molar-refractivity contribution in [3.63, 3.8) is 0 Å². The van der Waals surface area contributed by atoms with Crippen molar-refractivity contribution in [3.8, 4) is 5.75 Å². The van der Waals surface area contributed by atoms with Gasteiger partial charge in [0.2, 0.25) is 0 Å². The van der Waals surface area contributed by atoms with E-state index in [1.165, 1.54) is 0 Å². The molecule has 6 nitrogen and oxygen atoms in total. The number of benzene rings is 1. The summed E-state index contributed by atoms with van der Waals surface area (Å²) in [6, 6.07) is 7.42. The summed E-state index contributed by atoms with van der Waals surface area (Å²) in [5, 5.41) is 2.72. The standard InChI is InChI=1S/C19H29N3O3/c1-18(2)10-14(20)11-19(3,4)22(18)17(24)16(23)21-12-13-8-6-7-9-15(13)25-5/h6-9,14H,10-12,20H2,1-5H3,(H,21,23). The molecule has 0 radical (unpaired) electrons. The van der Waals surface area contributed by atoms with Gasteiger partial charge in [-0.1, -0.05) is 18.2 Å². The van der Waals surface area contributed by atoms with Crippen molar-refractivity contribution in [2.45, 2.75) is 64.2 Å². The number of methoxy groups -OCH3 is 1. The molecule has 1 heterocycles. The second kappa shape index (κ2) is 7.04. The first-order valence-electron chi connectivity index (χ1n) is 8.58. The molecule has 0 unspecified atom stereocenters. The normalized spacial score (nSPS) is 19.4. The molecule has 1 aliphatic rings. The number of piperidine rings is 1. The number of ether oxygens (including phenoxy) is 1. The number of nitrogens with zero attached hydrogens (tertiary/aromatic N) is 1. The number of nitrogens with one attached hydrogen (secondary N) is 1. The van der Waals surface area contributed by atoms with Crippen LogP contribution >= 0.6 is 0 Å². The first kappa shape index (κ1) is 19.2. The van der Waals surface area contributed by atoms with Gasteiger partial charge in [0.25, 0.3) is 0 Å². The van der Waals surface area contributed by atoms with Crippen LogP contribution in [-0.2, 0) is 16.1 Å². The van der Waals surface area contributed by atoms with Gasteiger partial charge in [0, 0.05) is 29.2 Å². The molecular formula is C19H29N3O3. The molecule has 1 aromatic rings. The Bertz CT molecular complexity index is 637. The summed E-state index contributed by atoms with van der Waals surface area (Å²) in [5.41, 5.74) is 6.02. The molecule has 1 aliphatic heterocycles. The number of hydrogen-bond donors (Lipinski definition) is 2. The Hall–Kier alpha value is -2.08. The Labute approximate surface area is 149 Å². The van der Waals surface area contributed by atoms with Gasteiger partial charge in [-0.2, -0.15) is 0 Å². The highest BCUT2D eigenvalue weighted by atomic mass is 16.5. The van der Waals surface area contributed by atoms with E-state index in [0.29, 0.717) is 18.6 Å². The number of para-hydroxylation sites is 1. The molecule has 1 saturated heterocycles. The summed E-state index contributed by atoms with van der Waals surface area (Å²) in [6.45, 7) is 8.07. The fourth-order valence-electron chi connectivity index (χ4n) is 4.11. The molecule has 1 aromatic carbocycles. The van der Waals surface area contributed by atoms with Crippen LogP contribution in [-0.4, -0.2) is 40.9 Å². The van der Waals surface area contributed by atoms with E-state index in [2.05, 4.69) is 5.32 Å². The first-order chi connectivity index (χ1) is 11.6. The molecule has 6 heteroatoms. The smallest absolute Gasteiger partial charge is 0.312 e. The number of amides is 2. The van der Waals surface area contributed by atoms with Crippen LogP contribution in [0.2, 0.25) is 0 Å².